The molecule has 0 spiro atoms. The van der Waals surface area contributed by atoms with E-state index in [0.717, 1.165) is 28.6 Å². The molecule has 3 aromatic heterocycles. The van der Waals surface area contributed by atoms with Gasteiger partial charge in [-0.25, -0.2) is 8.91 Å². The van der Waals surface area contributed by atoms with E-state index in [1.165, 1.54) is 6.20 Å². The molecule has 0 aliphatic heterocycles. The molecule has 5 rings (SSSR count). The lowest BCUT2D eigenvalue weighted by atomic mass is 10.0. The van der Waals surface area contributed by atoms with Crippen LogP contribution in [0.2, 0.25) is 0 Å². The summed E-state index contributed by atoms with van der Waals surface area (Å²) in [6, 6.07) is 7.35. The molecule has 2 atom stereocenters. The number of nitrogens with zero attached hydrogens (tertiary/aromatic N) is 4. The molecule has 1 aliphatic rings. The second kappa shape index (κ2) is 6.76. The quantitative estimate of drug-likeness (QED) is 0.540. The van der Waals surface area contributed by atoms with Crippen LogP contribution in [-0.4, -0.2) is 37.2 Å². The summed E-state index contributed by atoms with van der Waals surface area (Å²) in [5.41, 5.74) is 9.11. The average Bonchev–Trinajstić information content (AvgIpc) is 3.31. The maximum atomic E-state index is 14.9. The van der Waals surface area contributed by atoms with E-state index in [9.17, 15) is 9.18 Å². The van der Waals surface area contributed by atoms with Crippen LogP contribution in [0.5, 0.6) is 0 Å². The van der Waals surface area contributed by atoms with Crippen LogP contribution in [0.4, 0.5) is 10.1 Å². The first-order valence-corrected chi connectivity index (χ1v) is 9.90. The van der Waals surface area contributed by atoms with Crippen molar-refractivity contribution in [3.63, 3.8) is 0 Å². The molecule has 1 aliphatic carbocycles. The van der Waals surface area contributed by atoms with Gasteiger partial charge >= 0.3 is 0 Å². The first-order valence-electron chi connectivity index (χ1n) is 9.90. The zero-order valence-corrected chi connectivity index (χ0v) is 16.5. The van der Waals surface area contributed by atoms with Crippen molar-refractivity contribution in [1.29, 1.82) is 0 Å². The standard InChI is InChI=1S/C22H21FN6O/c1-22(23)6-2-3-19(22)28-20-15(21(24)30)11-27-29-12-14(10-18(20)29)13-4-5-16-17(9-13)26-8-7-25-16/h4-5,7-12,19,28H,2-3,6H2,1H3,(H2,24,30). The van der Waals surface area contributed by atoms with Crippen molar-refractivity contribution >= 4 is 28.1 Å². The molecule has 1 aromatic carbocycles. The third kappa shape index (κ3) is 3.04. The number of fused-ring (bicyclic) bond motifs is 2. The molecular formula is C22H21FN6O. The average molecular weight is 404 g/mol. The topological polar surface area (TPSA) is 98.2 Å². The second-order valence-corrected chi connectivity index (χ2v) is 7.98. The van der Waals surface area contributed by atoms with Gasteiger partial charge in [0, 0.05) is 24.2 Å². The van der Waals surface area contributed by atoms with Gasteiger partial charge in [0.2, 0.25) is 0 Å². The zero-order valence-electron chi connectivity index (χ0n) is 16.5. The Kier molecular flexibility index (Phi) is 4.16. The molecule has 2 unspecified atom stereocenters. The van der Waals surface area contributed by atoms with Gasteiger partial charge in [0.25, 0.3) is 5.91 Å². The highest BCUT2D eigenvalue weighted by Crippen LogP contribution is 2.37. The minimum Gasteiger partial charge on any atom is -0.377 e. The monoisotopic (exact) mass is 404 g/mol. The smallest absolute Gasteiger partial charge is 0.252 e. The largest absolute Gasteiger partial charge is 0.377 e. The van der Waals surface area contributed by atoms with Gasteiger partial charge in [-0.3, -0.25) is 14.8 Å². The van der Waals surface area contributed by atoms with Crippen LogP contribution >= 0.6 is 0 Å². The van der Waals surface area contributed by atoms with Crippen LogP contribution in [0, 0.1) is 0 Å². The van der Waals surface area contributed by atoms with E-state index >= 15 is 0 Å². The number of halogens is 1. The number of nitrogens with two attached hydrogens (primary N) is 1. The Morgan fingerprint density at radius 2 is 2.03 bits per heavy atom. The van der Waals surface area contributed by atoms with Crippen LogP contribution in [0.3, 0.4) is 0 Å². The van der Waals surface area contributed by atoms with Gasteiger partial charge in [-0.05, 0) is 49.9 Å². The lowest BCUT2D eigenvalue weighted by Crippen LogP contribution is -2.36. The molecule has 0 radical (unpaired) electrons. The van der Waals surface area contributed by atoms with Gasteiger partial charge in [-0.2, -0.15) is 5.10 Å². The van der Waals surface area contributed by atoms with Crippen molar-refractivity contribution in [3.05, 3.63) is 54.6 Å². The Morgan fingerprint density at radius 3 is 2.77 bits per heavy atom. The summed E-state index contributed by atoms with van der Waals surface area (Å²) in [5.74, 6) is -0.602. The number of anilines is 1. The summed E-state index contributed by atoms with van der Waals surface area (Å²) >= 11 is 0. The molecule has 7 nitrogen and oxygen atoms in total. The molecule has 3 N–H and O–H groups in total. The minimum absolute atomic E-state index is 0.249. The van der Waals surface area contributed by atoms with E-state index in [4.69, 9.17) is 5.73 Å². The van der Waals surface area contributed by atoms with Crippen LogP contribution in [-0.2, 0) is 0 Å². The first-order chi connectivity index (χ1) is 14.4. The van der Waals surface area contributed by atoms with E-state index in [0.29, 0.717) is 24.0 Å². The highest BCUT2D eigenvalue weighted by Gasteiger charge is 2.39. The normalized spacial score (nSPS) is 21.3. The zero-order chi connectivity index (χ0) is 20.9. The molecule has 0 bridgehead atoms. The second-order valence-electron chi connectivity index (χ2n) is 7.98. The highest BCUT2D eigenvalue weighted by atomic mass is 19.1. The maximum Gasteiger partial charge on any atom is 0.252 e. The summed E-state index contributed by atoms with van der Waals surface area (Å²) < 4.78 is 16.6. The fourth-order valence-corrected chi connectivity index (χ4v) is 4.22. The molecule has 30 heavy (non-hydrogen) atoms. The lowest BCUT2D eigenvalue weighted by Gasteiger charge is -2.26. The summed E-state index contributed by atoms with van der Waals surface area (Å²) in [6.07, 6.45) is 8.58. The van der Waals surface area contributed by atoms with Crippen molar-refractivity contribution in [1.82, 2.24) is 19.6 Å². The van der Waals surface area contributed by atoms with Gasteiger partial charge in [0.15, 0.2) is 0 Å². The number of carbonyl (C=O) groups is 1. The maximum absolute atomic E-state index is 14.9. The van der Waals surface area contributed by atoms with Gasteiger partial charge in [0.05, 0.1) is 40.0 Å². The Morgan fingerprint density at radius 1 is 1.23 bits per heavy atom. The Labute approximate surface area is 172 Å². The third-order valence-corrected chi connectivity index (χ3v) is 5.91. The van der Waals surface area contributed by atoms with Gasteiger partial charge < -0.3 is 11.1 Å². The summed E-state index contributed by atoms with van der Waals surface area (Å²) in [6.45, 7) is 1.60. The molecule has 1 saturated carbocycles. The summed E-state index contributed by atoms with van der Waals surface area (Å²) in [5, 5.41) is 7.60. The van der Waals surface area contributed by atoms with Gasteiger partial charge in [-0.15, -0.1) is 0 Å². The van der Waals surface area contributed by atoms with Crippen LogP contribution < -0.4 is 11.1 Å². The van der Waals surface area contributed by atoms with E-state index in [-0.39, 0.29) is 5.56 Å². The third-order valence-electron chi connectivity index (χ3n) is 5.91. The van der Waals surface area contributed by atoms with Crippen molar-refractivity contribution < 1.29 is 9.18 Å². The number of nitrogens with one attached hydrogen (secondary N) is 1. The van der Waals surface area contributed by atoms with Crippen molar-refractivity contribution in [2.75, 3.05) is 5.32 Å². The number of primary amides is 1. The van der Waals surface area contributed by atoms with Crippen molar-refractivity contribution in [2.24, 2.45) is 5.73 Å². The molecule has 1 amide bonds. The molecule has 152 valence electrons. The van der Waals surface area contributed by atoms with Crippen molar-refractivity contribution in [3.8, 4) is 11.1 Å². The molecule has 4 aromatic rings. The predicted octanol–water partition coefficient (Wildman–Crippen LogP) is 3.74. The molecule has 8 heteroatoms. The number of carbonyl (C=O) groups excluding carboxylic acids is 1. The molecule has 0 saturated heterocycles. The summed E-state index contributed by atoms with van der Waals surface area (Å²) in [7, 11) is 0. The number of alkyl halides is 1. The van der Waals surface area contributed by atoms with Gasteiger partial charge in [-0.1, -0.05) is 6.07 Å². The predicted molar refractivity (Wildman–Crippen MR) is 113 cm³/mol. The van der Waals surface area contributed by atoms with Crippen LogP contribution in [0.1, 0.15) is 36.5 Å². The lowest BCUT2D eigenvalue weighted by molar-refractivity contribution is 0.1000. The van der Waals surface area contributed by atoms with E-state index in [2.05, 4.69) is 20.4 Å². The number of hydrogen-bond donors (Lipinski definition) is 2. The Hall–Kier alpha value is -3.55. The molecular weight excluding hydrogens is 383 g/mol. The Balaban J connectivity index is 1.63. The molecule has 3 heterocycles. The number of amides is 1. The van der Waals surface area contributed by atoms with Crippen molar-refractivity contribution in [2.45, 2.75) is 37.9 Å². The summed E-state index contributed by atoms with van der Waals surface area (Å²) in [4.78, 5) is 20.7. The molecule has 1 fully saturated rings. The highest BCUT2D eigenvalue weighted by molar-refractivity contribution is 6.02. The van der Waals surface area contributed by atoms with E-state index in [1.54, 1.807) is 23.8 Å². The fourth-order valence-electron chi connectivity index (χ4n) is 4.22. The van der Waals surface area contributed by atoms with Crippen LogP contribution in [0.15, 0.2) is 49.1 Å². The SMILES string of the molecule is CC1(F)CCCC1Nc1c(C(N)=O)cnn2cc(-c3ccc4nccnc4c3)cc12. The Bertz CT molecular complexity index is 1280. The van der Waals surface area contributed by atoms with Crippen LogP contribution in [0.25, 0.3) is 27.7 Å². The number of aromatic nitrogens is 4. The first kappa shape index (κ1) is 18.5. The number of benzene rings is 1. The number of hydrogen-bond acceptors (Lipinski definition) is 5. The van der Waals surface area contributed by atoms with E-state index in [1.807, 2.05) is 30.5 Å². The van der Waals surface area contributed by atoms with Gasteiger partial charge in [0.1, 0.15) is 5.67 Å². The minimum atomic E-state index is -1.35. The fraction of sp³-hybridized carbons (Fsp3) is 0.273. The van der Waals surface area contributed by atoms with E-state index < -0.39 is 17.6 Å². The number of rotatable bonds is 4.